The summed E-state index contributed by atoms with van der Waals surface area (Å²) in [5.74, 6) is 1.49. The summed E-state index contributed by atoms with van der Waals surface area (Å²) in [5.41, 5.74) is 1.36. The molecular weight excluding hydrogens is 354 g/mol. The van der Waals surface area contributed by atoms with Gasteiger partial charge in [0, 0.05) is 31.8 Å². The molecule has 6 nitrogen and oxygen atoms in total. The topological polar surface area (TPSA) is 65.1 Å². The Kier molecular flexibility index (Phi) is 6.58. The van der Waals surface area contributed by atoms with Crippen LogP contribution >= 0.6 is 0 Å². The van der Waals surface area contributed by atoms with E-state index in [2.05, 4.69) is 0 Å². The zero-order chi connectivity index (χ0) is 19.4. The van der Waals surface area contributed by atoms with Gasteiger partial charge in [0.05, 0.1) is 12.4 Å². The monoisotopic (exact) mass is 383 g/mol. The van der Waals surface area contributed by atoms with Crippen LogP contribution in [0.5, 0.6) is 11.5 Å². The Bertz CT molecular complexity index is 755. The number of hydrogen-bond acceptors (Lipinski definition) is 5. The summed E-state index contributed by atoms with van der Waals surface area (Å²) in [5, 5.41) is 0. The van der Waals surface area contributed by atoms with Gasteiger partial charge in [-0.1, -0.05) is 0 Å². The van der Waals surface area contributed by atoms with Gasteiger partial charge in [-0.15, -0.1) is 0 Å². The number of rotatable bonds is 8. The van der Waals surface area contributed by atoms with Crippen LogP contribution in [0.25, 0.3) is 5.57 Å². The van der Waals surface area contributed by atoms with E-state index in [1.165, 1.54) is 4.31 Å². The Morgan fingerprint density at radius 2 is 2.00 bits per heavy atom. The summed E-state index contributed by atoms with van der Waals surface area (Å²) in [6, 6.07) is 5.62. The third-order valence-electron chi connectivity index (χ3n) is 4.14. The molecule has 0 saturated carbocycles. The van der Waals surface area contributed by atoms with E-state index in [-0.39, 0.29) is 5.75 Å². The highest BCUT2D eigenvalue weighted by atomic mass is 32.2. The first-order chi connectivity index (χ1) is 12.2. The first-order valence-electron chi connectivity index (χ1n) is 8.89. The van der Waals surface area contributed by atoms with Crippen LogP contribution < -0.4 is 9.47 Å². The number of fused-ring (bicyclic) bond motifs is 1. The fourth-order valence-electron chi connectivity index (χ4n) is 2.81. The van der Waals surface area contributed by atoms with Crippen molar-refractivity contribution < 1.29 is 22.6 Å². The minimum atomic E-state index is -3.30. The predicted octanol–water partition coefficient (Wildman–Crippen LogP) is 3.29. The predicted molar refractivity (Wildman–Crippen MR) is 103 cm³/mol. The molecule has 0 bridgehead atoms. The standard InChI is InChI=1S/C19H29NO5S/c1-6-23-10-11-24-16-8-9-18-17(12-16)15(13-19(3,4)25-18)14-20(5)26(21,22)7-2/h8-9,12,14H,6-7,10-11,13H2,1-5H3/b15-14-. The van der Waals surface area contributed by atoms with Gasteiger partial charge in [-0.25, -0.2) is 8.42 Å². The number of nitrogens with zero attached hydrogens (tertiary/aromatic N) is 1. The van der Waals surface area contributed by atoms with E-state index in [9.17, 15) is 8.42 Å². The maximum Gasteiger partial charge on any atom is 0.234 e. The number of ether oxygens (including phenoxy) is 3. The van der Waals surface area contributed by atoms with Crippen molar-refractivity contribution in [3.8, 4) is 11.5 Å². The molecule has 0 spiro atoms. The molecule has 1 aliphatic rings. The first-order valence-corrected chi connectivity index (χ1v) is 10.5. The van der Waals surface area contributed by atoms with Crippen molar-refractivity contribution in [2.24, 2.45) is 0 Å². The molecule has 0 saturated heterocycles. The van der Waals surface area contributed by atoms with Gasteiger partial charge in [0.25, 0.3) is 0 Å². The Morgan fingerprint density at radius 3 is 2.65 bits per heavy atom. The molecule has 0 aromatic heterocycles. The highest BCUT2D eigenvalue weighted by Crippen LogP contribution is 2.42. The van der Waals surface area contributed by atoms with E-state index in [0.717, 1.165) is 16.9 Å². The lowest BCUT2D eigenvalue weighted by Gasteiger charge is -2.35. The van der Waals surface area contributed by atoms with Crippen molar-refractivity contribution in [3.05, 3.63) is 30.0 Å². The molecule has 0 amide bonds. The van der Waals surface area contributed by atoms with Gasteiger partial charge in [0.15, 0.2) is 0 Å². The van der Waals surface area contributed by atoms with Crippen molar-refractivity contribution in [2.75, 3.05) is 32.6 Å². The fourth-order valence-corrected chi connectivity index (χ4v) is 3.50. The normalized spacial score (nSPS) is 17.5. The van der Waals surface area contributed by atoms with Crippen molar-refractivity contribution in [3.63, 3.8) is 0 Å². The molecule has 26 heavy (non-hydrogen) atoms. The maximum absolute atomic E-state index is 12.1. The summed E-state index contributed by atoms with van der Waals surface area (Å²) in [4.78, 5) is 0. The molecule has 1 aromatic rings. The zero-order valence-electron chi connectivity index (χ0n) is 16.2. The van der Waals surface area contributed by atoms with Crippen molar-refractivity contribution in [1.29, 1.82) is 0 Å². The molecule has 0 atom stereocenters. The second-order valence-electron chi connectivity index (χ2n) is 6.81. The lowest BCUT2D eigenvalue weighted by Crippen LogP contribution is -2.33. The van der Waals surface area contributed by atoms with Crippen LogP contribution in [0.1, 0.15) is 39.7 Å². The van der Waals surface area contributed by atoms with E-state index in [1.807, 2.05) is 39.0 Å². The third-order valence-corrected chi connectivity index (χ3v) is 5.85. The molecule has 0 unspecified atom stereocenters. The Morgan fingerprint density at radius 1 is 1.27 bits per heavy atom. The quantitative estimate of drug-likeness (QED) is 0.645. The van der Waals surface area contributed by atoms with E-state index in [4.69, 9.17) is 14.2 Å². The van der Waals surface area contributed by atoms with Crippen LogP contribution in [-0.4, -0.2) is 50.9 Å². The largest absolute Gasteiger partial charge is 0.491 e. The van der Waals surface area contributed by atoms with Crippen molar-refractivity contribution in [2.45, 2.75) is 39.7 Å². The Hall–Kier alpha value is -1.73. The molecule has 7 heteroatoms. The molecule has 1 heterocycles. The highest BCUT2D eigenvalue weighted by Gasteiger charge is 2.31. The molecule has 0 radical (unpaired) electrons. The van der Waals surface area contributed by atoms with E-state index in [1.54, 1.807) is 20.2 Å². The molecular formula is C19H29NO5S. The van der Waals surface area contributed by atoms with Crippen LogP contribution in [0.4, 0.5) is 0 Å². The van der Waals surface area contributed by atoms with Gasteiger partial charge in [0.2, 0.25) is 10.0 Å². The van der Waals surface area contributed by atoms with Crippen LogP contribution in [0.2, 0.25) is 0 Å². The number of benzene rings is 1. The molecule has 1 aliphatic heterocycles. The first kappa shape index (κ1) is 20.6. The smallest absolute Gasteiger partial charge is 0.234 e. The van der Waals surface area contributed by atoms with Crippen LogP contribution in [-0.2, 0) is 14.8 Å². The van der Waals surface area contributed by atoms with E-state index < -0.39 is 15.6 Å². The third kappa shape index (κ3) is 5.14. The Balaban J connectivity index is 2.33. The van der Waals surface area contributed by atoms with Crippen molar-refractivity contribution >= 4 is 15.6 Å². The second kappa shape index (κ2) is 8.31. The molecule has 0 aliphatic carbocycles. The van der Waals surface area contributed by atoms with E-state index >= 15 is 0 Å². The van der Waals surface area contributed by atoms with Crippen LogP contribution in [0.15, 0.2) is 24.4 Å². The van der Waals surface area contributed by atoms with E-state index in [0.29, 0.717) is 32.0 Å². The van der Waals surface area contributed by atoms with Gasteiger partial charge in [0.1, 0.15) is 23.7 Å². The summed E-state index contributed by atoms with van der Waals surface area (Å²) in [7, 11) is -1.73. The summed E-state index contributed by atoms with van der Waals surface area (Å²) in [6.07, 6.45) is 2.29. The second-order valence-corrected chi connectivity index (χ2v) is 9.13. The van der Waals surface area contributed by atoms with Crippen LogP contribution in [0, 0.1) is 0 Å². The lowest BCUT2D eigenvalue weighted by atomic mass is 9.90. The maximum atomic E-state index is 12.1. The average Bonchev–Trinajstić information content (AvgIpc) is 2.58. The summed E-state index contributed by atoms with van der Waals surface area (Å²) < 4.78 is 42.6. The van der Waals surface area contributed by atoms with Crippen LogP contribution in [0.3, 0.4) is 0 Å². The average molecular weight is 384 g/mol. The molecule has 0 N–H and O–H groups in total. The number of hydrogen-bond donors (Lipinski definition) is 0. The highest BCUT2D eigenvalue weighted by molar-refractivity contribution is 7.89. The molecule has 1 aromatic carbocycles. The SMILES string of the molecule is CCOCCOc1ccc2c(c1)/C(=C\N(C)S(=O)(=O)CC)CC(C)(C)O2. The summed E-state index contributed by atoms with van der Waals surface area (Å²) >= 11 is 0. The summed E-state index contributed by atoms with van der Waals surface area (Å²) in [6.45, 7) is 9.20. The number of sulfonamides is 1. The van der Waals surface area contributed by atoms with Gasteiger partial charge in [-0.05, 0) is 51.5 Å². The van der Waals surface area contributed by atoms with Gasteiger partial charge >= 0.3 is 0 Å². The zero-order valence-corrected chi connectivity index (χ0v) is 17.1. The van der Waals surface area contributed by atoms with Crippen molar-refractivity contribution in [1.82, 2.24) is 4.31 Å². The fraction of sp³-hybridized carbons (Fsp3) is 0.579. The molecule has 0 fully saturated rings. The van der Waals surface area contributed by atoms with Gasteiger partial charge < -0.3 is 14.2 Å². The minimum absolute atomic E-state index is 0.0562. The molecule has 2 rings (SSSR count). The lowest BCUT2D eigenvalue weighted by molar-refractivity contribution is 0.105. The molecule has 146 valence electrons. The minimum Gasteiger partial charge on any atom is -0.491 e. The van der Waals surface area contributed by atoms with Gasteiger partial charge in [-0.2, -0.15) is 0 Å². The Labute approximate surface area is 156 Å². The van der Waals surface area contributed by atoms with Gasteiger partial charge in [-0.3, -0.25) is 4.31 Å².